The first-order chi connectivity index (χ1) is 13.3. The summed E-state index contributed by atoms with van der Waals surface area (Å²) in [4.78, 5) is 14.7. The fourth-order valence-corrected chi connectivity index (χ4v) is 5.41. The number of benzene rings is 2. The summed E-state index contributed by atoms with van der Waals surface area (Å²) in [5.74, 6) is 0.150. The third-order valence-electron chi connectivity index (χ3n) is 4.79. The van der Waals surface area contributed by atoms with Crippen molar-refractivity contribution in [3.05, 3.63) is 51.5 Å². The van der Waals surface area contributed by atoms with E-state index in [-0.39, 0.29) is 10.5 Å². The third kappa shape index (κ3) is 3.68. The van der Waals surface area contributed by atoms with Crippen LogP contribution in [0, 0.1) is 0 Å². The molecule has 1 fully saturated rings. The van der Waals surface area contributed by atoms with E-state index in [0.717, 1.165) is 30.3 Å². The zero-order valence-electron chi connectivity index (χ0n) is 14.8. The second-order valence-corrected chi connectivity index (χ2v) is 9.60. The van der Waals surface area contributed by atoms with Crippen LogP contribution in [0.25, 0.3) is 0 Å². The summed E-state index contributed by atoms with van der Waals surface area (Å²) in [5, 5.41) is 3.10. The molecule has 2 aliphatic rings. The van der Waals surface area contributed by atoms with Crippen LogP contribution >= 0.6 is 27.5 Å². The average Bonchev–Trinajstić information content (AvgIpc) is 2.88. The molecule has 2 aromatic carbocycles. The Balaban J connectivity index is 1.68. The van der Waals surface area contributed by atoms with Gasteiger partial charge in [0.2, 0.25) is 0 Å². The van der Waals surface area contributed by atoms with Gasteiger partial charge in [-0.3, -0.25) is 4.79 Å². The van der Waals surface area contributed by atoms with Gasteiger partial charge in [0, 0.05) is 23.0 Å². The van der Waals surface area contributed by atoms with E-state index in [1.54, 1.807) is 30.3 Å². The molecular formula is C19H17BrClN3O3S. The second-order valence-electron chi connectivity index (χ2n) is 6.71. The van der Waals surface area contributed by atoms with Crippen LogP contribution in [0.4, 0.5) is 11.4 Å². The SMILES string of the molecule is O=C(Nc1ccc(Br)cc1Cl)c1ccc2c(c1)S(=O)(=O)N=C1CCCCCN12. The lowest BCUT2D eigenvalue weighted by atomic mass is 10.1. The number of hydrogen-bond acceptors (Lipinski definition) is 4. The van der Waals surface area contributed by atoms with Gasteiger partial charge in [-0.25, -0.2) is 0 Å². The number of nitrogens with one attached hydrogen (secondary N) is 1. The van der Waals surface area contributed by atoms with E-state index in [2.05, 4.69) is 25.6 Å². The lowest BCUT2D eigenvalue weighted by Crippen LogP contribution is -2.35. The predicted molar refractivity (Wildman–Crippen MR) is 114 cm³/mol. The number of fused-ring (bicyclic) bond motifs is 3. The van der Waals surface area contributed by atoms with Crippen molar-refractivity contribution in [1.82, 2.24) is 0 Å². The minimum absolute atomic E-state index is 0.0627. The van der Waals surface area contributed by atoms with Gasteiger partial charge >= 0.3 is 0 Å². The normalized spacial score (nSPS) is 17.8. The number of sulfonamides is 1. The Morgan fingerprint density at radius 1 is 1.14 bits per heavy atom. The largest absolute Gasteiger partial charge is 0.328 e. The zero-order valence-corrected chi connectivity index (χ0v) is 17.9. The molecule has 0 saturated carbocycles. The van der Waals surface area contributed by atoms with Crippen LogP contribution < -0.4 is 10.2 Å². The van der Waals surface area contributed by atoms with E-state index in [9.17, 15) is 13.2 Å². The second kappa shape index (κ2) is 7.50. The number of halogens is 2. The van der Waals surface area contributed by atoms with E-state index < -0.39 is 15.9 Å². The fourth-order valence-electron chi connectivity index (χ4n) is 3.41. The molecule has 0 unspecified atom stereocenters. The number of amides is 1. The highest BCUT2D eigenvalue weighted by Crippen LogP contribution is 2.35. The van der Waals surface area contributed by atoms with E-state index in [4.69, 9.17) is 11.6 Å². The maximum absolute atomic E-state index is 12.7. The Hall–Kier alpha value is -1.90. The molecule has 0 bridgehead atoms. The summed E-state index contributed by atoms with van der Waals surface area (Å²) in [5.41, 5.74) is 1.27. The highest BCUT2D eigenvalue weighted by atomic mass is 79.9. The summed E-state index contributed by atoms with van der Waals surface area (Å²) in [7, 11) is -3.84. The fraction of sp³-hybridized carbons (Fsp3) is 0.263. The number of amidine groups is 1. The molecule has 2 heterocycles. The van der Waals surface area contributed by atoms with Crippen molar-refractivity contribution in [2.45, 2.75) is 30.6 Å². The van der Waals surface area contributed by atoms with E-state index in [0.29, 0.717) is 28.7 Å². The van der Waals surface area contributed by atoms with Crippen molar-refractivity contribution in [3.8, 4) is 0 Å². The van der Waals surface area contributed by atoms with Crippen molar-refractivity contribution < 1.29 is 13.2 Å². The number of carbonyl (C=O) groups excluding carboxylic acids is 1. The summed E-state index contributed by atoms with van der Waals surface area (Å²) < 4.78 is 30.2. The maximum Gasteiger partial charge on any atom is 0.286 e. The lowest BCUT2D eigenvalue weighted by Gasteiger charge is -2.29. The predicted octanol–water partition coefficient (Wildman–Crippen LogP) is 4.84. The van der Waals surface area contributed by atoms with Gasteiger partial charge in [0.15, 0.2) is 0 Å². The van der Waals surface area contributed by atoms with Gasteiger partial charge in [0.1, 0.15) is 10.7 Å². The first-order valence-corrected chi connectivity index (χ1v) is 11.5. The summed E-state index contributed by atoms with van der Waals surface area (Å²) in [6.07, 6.45) is 3.58. The summed E-state index contributed by atoms with van der Waals surface area (Å²) in [6, 6.07) is 9.80. The minimum Gasteiger partial charge on any atom is -0.328 e. The first-order valence-electron chi connectivity index (χ1n) is 8.87. The Labute approximate surface area is 176 Å². The third-order valence-corrected chi connectivity index (χ3v) is 6.93. The van der Waals surface area contributed by atoms with Gasteiger partial charge in [-0.2, -0.15) is 8.42 Å². The molecule has 0 spiro atoms. The Morgan fingerprint density at radius 3 is 2.75 bits per heavy atom. The number of hydrogen-bond donors (Lipinski definition) is 1. The maximum atomic E-state index is 12.7. The number of carbonyl (C=O) groups is 1. The van der Waals surface area contributed by atoms with Gasteiger partial charge in [-0.15, -0.1) is 4.40 Å². The Morgan fingerprint density at radius 2 is 1.96 bits per heavy atom. The van der Waals surface area contributed by atoms with Crippen LogP contribution in [0.3, 0.4) is 0 Å². The van der Waals surface area contributed by atoms with Crippen LogP contribution in [0.15, 0.2) is 50.2 Å². The highest BCUT2D eigenvalue weighted by Gasteiger charge is 2.32. The quantitative estimate of drug-likeness (QED) is 0.664. The van der Waals surface area contributed by atoms with Crippen LogP contribution in [0.1, 0.15) is 36.0 Å². The number of nitrogens with zero attached hydrogens (tertiary/aromatic N) is 2. The number of rotatable bonds is 2. The van der Waals surface area contributed by atoms with Gasteiger partial charge in [0.25, 0.3) is 15.9 Å². The Kier molecular flexibility index (Phi) is 5.20. The van der Waals surface area contributed by atoms with Crippen LogP contribution in [-0.2, 0) is 10.0 Å². The number of anilines is 2. The molecule has 1 N–H and O–H groups in total. The molecule has 2 aliphatic heterocycles. The molecule has 6 nitrogen and oxygen atoms in total. The summed E-state index contributed by atoms with van der Waals surface area (Å²) >= 11 is 9.46. The topological polar surface area (TPSA) is 78.8 Å². The molecule has 1 amide bonds. The molecule has 0 radical (unpaired) electrons. The monoisotopic (exact) mass is 481 g/mol. The van der Waals surface area contributed by atoms with E-state index in [1.165, 1.54) is 6.07 Å². The molecule has 0 aliphatic carbocycles. The van der Waals surface area contributed by atoms with Gasteiger partial charge in [-0.1, -0.05) is 34.0 Å². The molecule has 0 atom stereocenters. The van der Waals surface area contributed by atoms with Crippen LogP contribution in [0.5, 0.6) is 0 Å². The molecule has 28 heavy (non-hydrogen) atoms. The van der Waals surface area contributed by atoms with Crippen LogP contribution in [-0.4, -0.2) is 26.7 Å². The van der Waals surface area contributed by atoms with Crippen molar-refractivity contribution in [2.24, 2.45) is 4.40 Å². The Bertz CT molecular complexity index is 1100. The molecule has 9 heteroatoms. The molecule has 4 rings (SSSR count). The molecular weight excluding hydrogens is 466 g/mol. The summed E-state index contributed by atoms with van der Waals surface area (Å²) in [6.45, 7) is 0.724. The van der Waals surface area contributed by atoms with Gasteiger partial charge in [-0.05, 0) is 49.2 Å². The smallest absolute Gasteiger partial charge is 0.286 e. The molecule has 0 aromatic heterocycles. The standard InChI is InChI=1S/C19H17BrClN3O3S/c20-13-6-7-15(14(21)11-13)22-19(25)12-5-8-16-17(10-12)28(26,27)23-18-4-2-1-3-9-24(16)18/h5-8,10-11H,1-4,9H2,(H,22,25). The van der Waals surface area contributed by atoms with Crippen molar-refractivity contribution in [3.63, 3.8) is 0 Å². The molecule has 2 aromatic rings. The van der Waals surface area contributed by atoms with E-state index >= 15 is 0 Å². The van der Waals surface area contributed by atoms with Crippen molar-refractivity contribution in [2.75, 3.05) is 16.8 Å². The average molecular weight is 483 g/mol. The zero-order chi connectivity index (χ0) is 19.9. The van der Waals surface area contributed by atoms with Crippen LogP contribution in [0.2, 0.25) is 5.02 Å². The van der Waals surface area contributed by atoms with Crippen molar-refractivity contribution in [1.29, 1.82) is 0 Å². The van der Waals surface area contributed by atoms with Gasteiger partial charge in [0.05, 0.1) is 16.4 Å². The van der Waals surface area contributed by atoms with Gasteiger partial charge < -0.3 is 10.2 Å². The molecule has 146 valence electrons. The first kappa shape index (κ1) is 19.4. The van der Waals surface area contributed by atoms with Crippen molar-refractivity contribution >= 4 is 60.7 Å². The van der Waals surface area contributed by atoms with E-state index in [1.807, 2.05) is 4.90 Å². The minimum atomic E-state index is -3.84. The lowest BCUT2D eigenvalue weighted by molar-refractivity contribution is 0.102. The molecule has 1 saturated heterocycles. The highest BCUT2D eigenvalue weighted by molar-refractivity contribution is 9.10.